The number of nitrogens with zero attached hydrogens (tertiary/aromatic N) is 1. The number of ether oxygens (including phenoxy) is 1. The topological polar surface area (TPSA) is 78.9 Å². The quantitative estimate of drug-likeness (QED) is 0.856. The summed E-state index contributed by atoms with van der Waals surface area (Å²) in [5.74, 6) is -0.507. The molecule has 0 saturated carbocycles. The van der Waals surface area contributed by atoms with E-state index in [1.54, 1.807) is 30.2 Å². The molecule has 6 nitrogen and oxygen atoms in total. The number of hydrogen-bond donors (Lipinski definition) is 2. The molecule has 1 aromatic carbocycles. The summed E-state index contributed by atoms with van der Waals surface area (Å²) in [6.45, 7) is 2.76. The molecule has 1 aliphatic rings. The fourth-order valence-corrected chi connectivity index (χ4v) is 3.18. The highest BCUT2D eigenvalue weighted by Crippen LogP contribution is 2.28. The average molecular weight is 371 g/mol. The van der Waals surface area contributed by atoms with Gasteiger partial charge in [-0.15, -0.1) is 0 Å². The van der Waals surface area contributed by atoms with Crippen molar-refractivity contribution in [2.24, 2.45) is 11.8 Å². The number of carbonyl (C=O) groups is 2. The lowest BCUT2D eigenvalue weighted by Crippen LogP contribution is -2.47. The van der Waals surface area contributed by atoms with Crippen LogP contribution in [0.5, 0.6) is 5.75 Å². The first-order valence-electron chi connectivity index (χ1n) is 7.03. The number of carbonyl (C=O) groups excluding carboxylic acids is 1. The van der Waals surface area contributed by atoms with E-state index in [4.69, 9.17) is 9.84 Å². The summed E-state index contributed by atoms with van der Waals surface area (Å²) in [6.07, 6.45) is 0.604. The number of piperidine rings is 1. The second kappa shape index (κ2) is 7.00. The SMILES string of the molecule is COc1ccc(NC(=O)N2CC(C)CC(C(=O)O)C2)cc1Br. The summed E-state index contributed by atoms with van der Waals surface area (Å²) in [6, 6.07) is 4.95. The highest BCUT2D eigenvalue weighted by atomic mass is 79.9. The highest BCUT2D eigenvalue weighted by molar-refractivity contribution is 9.10. The number of amides is 2. The van der Waals surface area contributed by atoms with E-state index in [-0.39, 0.29) is 18.5 Å². The molecule has 1 aliphatic heterocycles. The largest absolute Gasteiger partial charge is 0.496 e. The molecule has 0 spiro atoms. The van der Waals surface area contributed by atoms with Crippen molar-refractivity contribution in [3.8, 4) is 5.75 Å². The fraction of sp³-hybridized carbons (Fsp3) is 0.467. The van der Waals surface area contributed by atoms with Crippen LogP contribution in [-0.4, -0.2) is 42.2 Å². The first-order chi connectivity index (χ1) is 10.4. The maximum Gasteiger partial charge on any atom is 0.321 e. The molecule has 0 radical (unpaired) electrons. The number of aliphatic carboxylic acids is 1. The average Bonchev–Trinajstić information content (AvgIpc) is 2.46. The van der Waals surface area contributed by atoms with Gasteiger partial charge >= 0.3 is 12.0 Å². The molecule has 0 bridgehead atoms. The molecule has 2 unspecified atom stereocenters. The van der Waals surface area contributed by atoms with Crippen molar-refractivity contribution in [3.63, 3.8) is 0 Å². The molecule has 1 saturated heterocycles. The number of nitrogens with one attached hydrogen (secondary N) is 1. The lowest BCUT2D eigenvalue weighted by atomic mass is 9.91. The van der Waals surface area contributed by atoms with Gasteiger partial charge in [0.1, 0.15) is 5.75 Å². The summed E-state index contributed by atoms with van der Waals surface area (Å²) in [7, 11) is 1.57. The van der Waals surface area contributed by atoms with Crippen LogP contribution in [0.25, 0.3) is 0 Å². The smallest absolute Gasteiger partial charge is 0.321 e. The van der Waals surface area contributed by atoms with E-state index in [2.05, 4.69) is 21.2 Å². The number of methoxy groups -OCH3 is 1. The van der Waals surface area contributed by atoms with Crippen LogP contribution in [0.15, 0.2) is 22.7 Å². The lowest BCUT2D eigenvalue weighted by Gasteiger charge is -2.34. The van der Waals surface area contributed by atoms with E-state index in [1.807, 2.05) is 6.92 Å². The molecule has 1 heterocycles. The molecule has 0 aliphatic carbocycles. The molecule has 7 heteroatoms. The van der Waals surface area contributed by atoms with Crippen LogP contribution in [0.3, 0.4) is 0 Å². The lowest BCUT2D eigenvalue weighted by molar-refractivity contribution is -0.143. The molecule has 1 fully saturated rings. The van der Waals surface area contributed by atoms with Gasteiger partial charge < -0.3 is 20.1 Å². The van der Waals surface area contributed by atoms with E-state index in [1.165, 1.54) is 0 Å². The second-order valence-electron chi connectivity index (χ2n) is 5.56. The number of likely N-dealkylation sites (tertiary alicyclic amines) is 1. The first-order valence-corrected chi connectivity index (χ1v) is 7.82. The van der Waals surface area contributed by atoms with Gasteiger partial charge in [-0.25, -0.2) is 4.79 Å². The van der Waals surface area contributed by atoms with Gasteiger partial charge in [-0.05, 0) is 46.5 Å². The monoisotopic (exact) mass is 370 g/mol. The number of benzene rings is 1. The van der Waals surface area contributed by atoms with Crippen molar-refractivity contribution >= 4 is 33.6 Å². The third kappa shape index (κ3) is 3.91. The van der Waals surface area contributed by atoms with Crippen molar-refractivity contribution in [1.82, 2.24) is 4.90 Å². The first kappa shape index (κ1) is 16.6. The highest BCUT2D eigenvalue weighted by Gasteiger charge is 2.31. The van der Waals surface area contributed by atoms with Gasteiger partial charge in [0.05, 0.1) is 17.5 Å². The van der Waals surface area contributed by atoms with E-state index in [9.17, 15) is 9.59 Å². The number of rotatable bonds is 3. The van der Waals surface area contributed by atoms with Gasteiger partial charge in [0.25, 0.3) is 0 Å². The number of carboxylic acid groups (broad SMARTS) is 1. The van der Waals surface area contributed by atoms with E-state index in [0.29, 0.717) is 24.4 Å². The molecule has 120 valence electrons. The minimum Gasteiger partial charge on any atom is -0.496 e. The Labute approximate surface area is 137 Å². The maximum atomic E-state index is 12.3. The van der Waals surface area contributed by atoms with Gasteiger partial charge in [-0.1, -0.05) is 6.92 Å². The van der Waals surface area contributed by atoms with Crippen LogP contribution in [0.2, 0.25) is 0 Å². The molecule has 22 heavy (non-hydrogen) atoms. The number of halogens is 1. The van der Waals surface area contributed by atoms with Crippen molar-refractivity contribution in [2.75, 3.05) is 25.5 Å². The molecule has 1 aromatic rings. The molecular weight excluding hydrogens is 352 g/mol. The van der Waals surface area contributed by atoms with Crippen LogP contribution in [-0.2, 0) is 4.79 Å². The Morgan fingerprint density at radius 2 is 2.14 bits per heavy atom. The van der Waals surface area contributed by atoms with Crippen LogP contribution < -0.4 is 10.1 Å². The predicted molar refractivity (Wildman–Crippen MR) is 86.2 cm³/mol. The van der Waals surface area contributed by atoms with Crippen LogP contribution in [0, 0.1) is 11.8 Å². The van der Waals surface area contributed by atoms with Gasteiger partial charge in [0.2, 0.25) is 0 Å². The minimum absolute atomic E-state index is 0.170. The zero-order chi connectivity index (χ0) is 16.3. The van der Waals surface area contributed by atoms with E-state index >= 15 is 0 Å². The number of carboxylic acids is 1. The second-order valence-corrected chi connectivity index (χ2v) is 6.41. The zero-order valence-corrected chi connectivity index (χ0v) is 14.1. The van der Waals surface area contributed by atoms with E-state index < -0.39 is 11.9 Å². The normalized spacial score (nSPS) is 21.3. The van der Waals surface area contributed by atoms with Gasteiger partial charge in [0, 0.05) is 18.8 Å². The Balaban J connectivity index is 2.05. The summed E-state index contributed by atoms with van der Waals surface area (Å²) >= 11 is 3.36. The Kier molecular flexibility index (Phi) is 5.28. The molecule has 2 amide bonds. The molecule has 2 N–H and O–H groups in total. The third-order valence-electron chi connectivity index (χ3n) is 3.70. The molecule has 2 atom stereocenters. The Bertz CT molecular complexity index is 579. The predicted octanol–water partition coefficient (Wildman–Crippen LogP) is 3.03. The number of urea groups is 1. The van der Waals surface area contributed by atoms with Crippen molar-refractivity contribution in [2.45, 2.75) is 13.3 Å². The summed E-state index contributed by atoms with van der Waals surface area (Å²) in [5.41, 5.74) is 0.628. The Morgan fingerprint density at radius 1 is 1.41 bits per heavy atom. The molecule has 0 aromatic heterocycles. The van der Waals surface area contributed by atoms with Crippen molar-refractivity contribution in [1.29, 1.82) is 0 Å². The third-order valence-corrected chi connectivity index (χ3v) is 4.32. The van der Waals surface area contributed by atoms with Crippen molar-refractivity contribution in [3.05, 3.63) is 22.7 Å². The van der Waals surface area contributed by atoms with Gasteiger partial charge in [0.15, 0.2) is 0 Å². The summed E-state index contributed by atoms with van der Waals surface area (Å²) in [5, 5.41) is 12.0. The Hall–Kier alpha value is -1.76. The van der Waals surface area contributed by atoms with Crippen LogP contribution >= 0.6 is 15.9 Å². The van der Waals surface area contributed by atoms with Crippen molar-refractivity contribution < 1.29 is 19.4 Å². The number of anilines is 1. The summed E-state index contributed by atoms with van der Waals surface area (Å²) in [4.78, 5) is 25.0. The van der Waals surface area contributed by atoms with Crippen LogP contribution in [0.1, 0.15) is 13.3 Å². The summed E-state index contributed by atoms with van der Waals surface area (Å²) < 4.78 is 5.88. The maximum absolute atomic E-state index is 12.3. The number of hydrogen-bond acceptors (Lipinski definition) is 3. The van der Waals surface area contributed by atoms with Gasteiger partial charge in [-0.3, -0.25) is 4.79 Å². The minimum atomic E-state index is -0.850. The van der Waals surface area contributed by atoms with Crippen LogP contribution in [0.4, 0.5) is 10.5 Å². The molecular formula is C15H19BrN2O4. The fourth-order valence-electron chi connectivity index (χ4n) is 2.64. The molecule has 2 rings (SSSR count). The Morgan fingerprint density at radius 3 is 2.73 bits per heavy atom. The van der Waals surface area contributed by atoms with Gasteiger partial charge in [-0.2, -0.15) is 0 Å². The zero-order valence-electron chi connectivity index (χ0n) is 12.5. The standard InChI is InChI=1S/C15H19BrN2O4/c1-9-5-10(14(19)20)8-18(7-9)15(21)17-11-3-4-13(22-2)12(16)6-11/h3-4,6,9-10H,5,7-8H2,1-2H3,(H,17,21)(H,19,20). The van der Waals surface area contributed by atoms with E-state index in [0.717, 1.165) is 4.47 Å².